The van der Waals surface area contributed by atoms with Crippen molar-refractivity contribution in [3.63, 3.8) is 0 Å². The monoisotopic (exact) mass is 195 g/mol. The van der Waals surface area contributed by atoms with E-state index in [0.29, 0.717) is 17.9 Å². The number of rotatable bonds is 0. The number of hydrogen-bond donors (Lipinski definition) is 1. The van der Waals surface area contributed by atoms with Crippen LogP contribution in [0.15, 0.2) is 18.2 Å². The molecule has 3 heteroatoms. The molecule has 2 nitrogen and oxygen atoms in total. The second-order valence-electron chi connectivity index (χ2n) is 4.18. The summed E-state index contributed by atoms with van der Waals surface area (Å²) in [6.45, 7) is 5.23. The van der Waals surface area contributed by atoms with Gasteiger partial charge in [0.15, 0.2) is 0 Å². The van der Waals surface area contributed by atoms with Gasteiger partial charge in [0.05, 0.1) is 0 Å². The fraction of sp³-hybridized carbons (Fsp3) is 0.455. The van der Waals surface area contributed by atoms with Crippen LogP contribution in [-0.2, 0) is 6.54 Å². The fourth-order valence-corrected chi connectivity index (χ4v) is 1.63. The zero-order valence-electron chi connectivity index (χ0n) is 8.43. The molecule has 0 radical (unpaired) electrons. The summed E-state index contributed by atoms with van der Waals surface area (Å²) >= 11 is 0. The summed E-state index contributed by atoms with van der Waals surface area (Å²) in [5, 5.41) is 3.17. The van der Waals surface area contributed by atoms with Gasteiger partial charge in [0.2, 0.25) is 0 Å². The van der Waals surface area contributed by atoms with E-state index in [2.05, 4.69) is 5.32 Å². The van der Waals surface area contributed by atoms with E-state index in [1.807, 2.05) is 19.9 Å². The molecule has 0 bridgehead atoms. The van der Waals surface area contributed by atoms with Gasteiger partial charge in [-0.25, -0.2) is 4.39 Å². The molecule has 76 valence electrons. The third-order valence-electron chi connectivity index (χ3n) is 2.31. The molecule has 0 spiro atoms. The Bertz CT molecular complexity index is 349. The first kappa shape index (κ1) is 9.46. The van der Waals surface area contributed by atoms with Crippen LogP contribution in [0.4, 0.5) is 4.39 Å². The van der Waals surface area contributed by atoms with Crippen molar-refractivity contribution in [1.82, 2.24) is 5.32 Å². The van der Waals surface area contributed by atoms with Crippen molar-refractivity contribution in [2.45, 2.75) is 26.0 Å². The molecule has 0 fully saturated rings. The molecular weight excluding hydrogens is 181 g/mol. The van der Waals surface area contributed by atoms with Crippen LogP contribution >= 0.6 is 0 Å². The number of ether oxygens (including phenoxy) is 1. The van der Waals surface area contributed by atoms with Gasteiger partial charge in [0.25, 0.3) is 0 Å². The molecule has 1 aromatic carbocycles. The first-order valence-corrected chi connectivity index (χ1v) is 4.76. The first-order chi connectivity index (χ1) is 6.58. The van der Waals surface area contributed by atoms with Crippen molar-refractivity contribution >= 4 is 0 Å². The SMILES string of the molecule is CC1(C)CNCc2c(F)cccc2O1. The van der Waals surface area contributed by atoms with Crippen molar-refractivity contribution in [2.75, 3.05) is 6.54 Å². The number of fused-ring (bicyclic) bond motifs is 1. The van der Waals surface area contributed by atoms with Crippen molar-refractivity contribution in [2.24, 2.45) is 0 Å². The second kappa shape index (κ2) is 3.24. The molecule has 1 N–H and O–H groups in total. The highest BCUT2D eigenvalue weighted by atomic mass is 19.1. The van der Waals surface area contributed by atoms with E-state index in [-0.39, 0.29) is 11.4 Å². The largest absolute Gasteiger partial charge is 0.486 e. The minimum atomic E-state index is -0.279. The number of halogens is 1. The molecule has 1 aliphatic heterocycles. The van der Waals surface area contributed by atoms with Crippen LogP contribution in [0.25, 0.3) is 0 Å². The third kappa shape index (κ3) is 1.73. The molecule has 1 aromatic rings. The second-order valence-corrected chi connectivity index (χ2v) is 4.18. The van der Waals surface area contributed by atoms with Crippen molar-refractivity contribution < 1.29 is 9.13 Å². The van der Waals surface area contributed by atoms with Crippen molar-refractivity contribution in [3.05, 3.63) is 29.6 Å². The lowest BCUT2D eigenvalue weighted by Crippen LogP contribution is -2.37. The molecule has 0 unspecified atom stereocenters. The summed E-state index contributed by atoms with van der Waals surface area (Å²) in [6, 6.07) is 4.95. The van der Waals surface area contributed by atoms with Gasteiger partial charge in [0.1, 0.15) is 17.2 Å². The molecule has 14 heavy (non-hydrogen) atoms. The molecular formula is C11H14FNO. The van der Waals surface area contributed by atoms with E-state index < -0.39 is 0 Å². The molecule has 0 atom stereocenters. The van der Waals surface area contributed by atoms with Crippen LogP contribution in [0.5, 0.6) is 5.75 Å². The highest BCUT2D eigenvalue weighted by Gasteiger charge is 2.25. The Balaban J connectivity index is 2.42. The Morgan fingerprint density at radius 1 is 1.43 bits per heavy atom. The van der Waals surface area contributed by atoms with Gasteiger partial charge in [-0.2, -0.15) is 0 Å². The normalized spacial score (nSPS) is 19.4. The topological polar surface area (TPSA) is 21.3 Å². The van der Waals surface area contributed by atoms with Crippen LogP contribution in [0.1, 0.15) is 19.4 Å². The average molecular weight is 195 g/mol. The molecule has 0 saturated heterocycles. The average Bonchev–Trinajstić information content (AvgIpc) is 2.23. The van der Waals surface area contributed by atoms with Crippen LogP contribution in [0.2, 0.25) is 0 Å². The standard InChI is InChI=1S/C11H14FNO/c1-11(2)7-13-6-8-9(12)4-3-5-10(8)14-11/h3-5,13H,6-7H2,1-2H3. The maximum absolute atomic E-state index is 13.4. The molecule has 1 aliphatic rings. The zero-order chi connectivity index (χ0) is 10.2. The maximum Gasteiger partial charge on any atom is 0.131 e. The minimum Gasteiger partial charge on any atom is -0.486 e. The predicted molar refractivity (Wildman–Crippen MR) is 52.8 cm³/mol. The summed E-state index contributed by atoms with van der Waals surface area (Å²) in [5.74, 6) is 0.452. The molecule has 0 aromatic heterocycles. The zero-order valence-corrected chi connectivity index (χ0v) is 8.43. The van der Waals surface area contributed by atoms with Crippen LogP contribution in [0.3, 0.4) is 0 Å². The Morgan fingerprint density at radius 3 is 3.00 bits per heavy atom. The summed E-state index contributed by atoms with van der Waals surface area (Å²) < 4.78 is 19.1. The van der Waals surface area contributed by atoms with Gasteiger partial charge in [-0.15, -0.1) is 0 Å². The van der Waals surface area contributed by atoms with E-state index in [9.17, 15) is 4.39 Å². The van der Waals surface area contributed by atoms with E-state index >= 15 is 0 Å². The highest BCUT2D eigenvalue weighted by Crippen LogP contribution is 2.27. The molecule has 0 amide bonds. The minimum absolute atomic E-state index is 0.201. The van der Waals surface area contributed by atoms with Crippen molar-refractivity contribution in [1.29, 1.82) is 0 Å². The van der Waals surface area contributed by atoms with Gasteiger partial charge in [-0.05, 0) is 26.0 Å². The number of benzene rings is 1. The van der Waals surface area contributed by atoms with Gasteiger partial charge in [0, 0.05) is 18.7 Å². The quantitative estimate of drug-likeness (QED) is 0.684. The Kier molecular flexibility index (Phi) is 2.19. The number of nitrogens with one attached hydrogen (secondary N) is 1. The Labute approximate surface area is 83.1 Å². The van der Waals surface area contributed by atoms with Gasteiger partial charge < -0.3 is 10.1 Å². The maximum atomic E-state index is 13.4. The predicted octanol–water partition coefficient (Wildman–Crippen LogP) is 2.09. The lowest BCUT2D eigenvalue weighted by molar-refractivity contribution is 0.115. The number of hydrogen-bond acceptors (Lipinski definition) is 2. The van der Waals surface area contributed by atoms with E-state index in [1.54, 1.807) is 6.07 Å². The van der Waals surface area contributed by atoms with Gasteiger partial charge in [-0.3, -0.25) is 0 Å². The van der Waals surface area contributed by atoms with Crippen molar-refractivity contribution in [3.8, 4) is 5.75 Å². The van der Waals surface area contributed by atoms with Crippen LogP contribution < -0.4 is 10.1 Å². The lowest BCUT2D eigenvalue weighted by atomic mass is 10.1. The first-order valence-electron chi connectivity index (χ1n) is 4.76. The van der Waals surface area contributed by atoms with Gasteiger partial charge >= 0.3 is 0 Å². The lowest BCUT2D eigenvalue weighted by Gasteiger charge is -2.24. The Morgan fingerprint density at radius 2 is 2.21 bits per heavy atom. The van der Waals surface area contributed by atoms with E-state index in [1.165, 1.54) is 6.07 Å². The van der Waals surface area contributed by atoms with Crippen LogP contribution in [-0.4, -0.2) is 12.1 Å². The molecule has 1 heterocycles. The summed E-state index contributed by atoms with van der Waals surface area (Å²) in [7, 11) is 0. The summed E-state index contributed by atoms with van der Waals surface area (Å²) in [6.07, 6.45) is 0. The molecule has 0 saturated carbocycles. The summed E-state index contributed by atoms with van der Waals surface area (Å²) in [5.41, 5.74) is 0.344. The Hall–Kier alpha value is -1.09. The highest BCUT2D eigenvalue weighted by molar-refractivity contribution is 5.35. The van der Waals surface area contributed by atoms with E-state index in [4.69, 9.17) is 4.74 Å². The third-order valence-corrected chi connectivity index (χ3v) is 2.31. The molecule has 2 rings (SSSR count). The summed E-state index contributed by atoms with van der Waals surface area (Å²) in [4.78, 5) is 0. The fourth-order valence-electron chi connectivity index (χ4n) is 1.63. The van der Waals surface area contributed by atoms with E-state index in [0.717, 1.165) is 6.54 Å². The van der Waals surface area contributed by atoms with Crippen LogP contribution in [0, 0.1) is 5.82 Å². The smallest absolute Gasteiger partial charge is 0.131 e. The van der Waals surface area contributed by atoms with Gasteiger partial charge in [-0.1, -0.05) is 6.07 Å². The molecule has 0 aliphatic carbocycles.